The van der Waals surface area contributed by atoms with E-state index in [9.17, 15) is 19.8 Å². The molecule has 0 aromatic heterocycles. The van der Waals surface area contributed by atoms with Crippen LogP contribution in [0.3, 0.4) is 0 Å². The fourth-order valence-corrected chi connectivity index (χ4v) is 3.58. The van der Waals surface area contributed by atoms with E-state index in [0.29, 0.717) is 12.8 Å². The topological polar surface area (TPSA) is 94.8 Å². The summed E-state index contributed by atoms with van der Waals surface area (Å²) in [5.41, 5.74) is 1.22. The van der Waals surface area contributed by atoms with Crippen molar-refractivity contribution < 1.29 is 24.9 Å². The van der Waals surface area contributed by atoms with Gasteiger partial charge < -0.3 is 15.3 Å². The number of aliphatic hydroxyl groups is 2. The van der Waals surface area contributed by atoms with Crippen molar-refractivity contribution in [3.05, 3.63) is 23.8 Å². The first-order valence-corrected chi connectivity index (χ1v) is 10.1. The number of hydrogen-bond donors (Lipinski definition) is 3. The Morgan fingerprint density at radius 2 is 1.89 bits per heavy atom. The van der Waals surface area contributed by atoms with Gasteiger partial charge in [-0.1, -0.05) is 50.0 Å². The summed E-state index contributed by atoms with van der Waals surface area (Å²) in [4.78, 5) is 22.7. The molecule has 0 aromatic rings. The lowest BCUT2D eigenvalue weighted by Gasteiger charge is -2.19. The van der Waals surface area contributed by atoms with Crippen LogP contribution in [-0.4, -0.2) is 39.3 Å². The first-order valence-electron chi connectivity index (χ1n) is 10.1. The Kier molecular flexibility index (Phi) is 10.6. The van der Waals surface area contributed by atoms with Gasteiger partial charge >= 0.3 is 5.97 Å². The van der Waals surface area contributed by atoms with Gasteiger partial charge in [-0.3, -0.25) is 9.59 Å². The fraction of sp³-hybridized carbons (Fsp3) is 0.727. The lowest BCUT2D eigenvalue weighted by atomic mass is 9.88. The lowest BCUT2D eigenvalue weighted by Crippen LogP contribution is -2.20. The predicted octanol–water partition coefficient (Wildman–Crippen LogP) is 3.89. The van der Waals surface area contributed by atoms with Gasteiger partial charge in [0.2, 0.25) is 0 Å². The number of carboxylic acid groups (broad SMARTS) is 1. The fourth-order valence-electron chi connectivity index (χ4n) is 3.58. The molecular weight excluding hydrogens is 344 g/mol. The van der Waals surface area contributed by atoms with E-state index in [4.69, 9.17) is 5.11 Å². The van der Waals surface area contributed by atoms with Crippen LogP contribution in [0.1, 0.15) is 72.1 Å². The quantitative estimate of drug-likeness (QED) is 0.353. The highest BCUT2D eigenvalue weighted by molar-refractivity contribution is 5.84. The molecule has 0 saturated heterocycles. The van der Waals surface area contributed by atoms with Gasteiger partial charge in [-0.2, -0.15) is 0 Å². The first kappa shape index (κ1) is 23.6. The predicted molar refractivity (Wildman–Crippen MR) is 106 cm³/mol. The molecule has 5 heteroatoms. The third kappa shape index (κ3) is 8.85. The molecule has 5 atom stereocenters. The van der Waals surface area contributed by atoms with Crippen molar-refractivity contribution >= 4 is 11.8 Å². The third-order valence-corrected chi connectivity index (χ3v) is 5.40. The molecule has 0 amide bonds. The Morgan fingerprint density at radius 3 is 2.52 bits per heavy atom. The summed E-state index contributed by atoms with van der Waals surface area (Å²) < 4.78 is 0. The molecule has 1 saturated carbocycles. The van der Waals surface area contributed by atoms with Crippen molar-refractivity contribution in [1.29, 1.82) is 0 Å². The maximum Gasteiger partial charge on any atom is 0.303 e. The highest BCUT2D eigenvalue weighted by Gasteiger charge is 2.39. The van der Waals surface area contributed by atoms with Crippen molar-refractivity contribution in [2.75, 3.05) is 0 Å². The summed E-state index contributed by atoms with van der Waals surface area (Å²) in [5, 5.41) is 29.2. The normalized spacial score (nSPS) is 24.9. The van der Waals surface area contributed by atoms with E-state index >= 15 is 0 Å². The molecule has 1 aliphatic rings. The van der Waals surface area contributed by atoms with Crippen molar-refractivity contribution in [1.82, 2.24) is 0 Å². The van der Waals surface area contributed by atoms with E-state index in [0.717, 1.165) is 25.7 Å². The summed E-state index contributed by atoms with van der Waals surface area (Å²) in [6.07, 6.45) is 9.52. The standard InChI is InChI=1S/C22H36O5/c1-15(2)10-11-16(3)19(23)13-12-18-17(20(24)14-21(18)25)8-6-4-5-7-9-22(26)27/h10,12-13,16-19,21,23,25H,4-9,11,14H2,1-3H3,(H,26,27)/b13-12+/t16?,17-,18-,19+,21-/m1/s1. The summed E-state index contributed by atoms with van der Waals surface area (Å²) in [5.74, 6) is -1.03. The van der Waals surface area contributed by atoms with Crippen LogP contribution in [0.15, 0.2) is 23.8 Å². The van der Waals surface area contributed by atoms with Crippen LogP contribution >= 0.6 is 0 Å². The van der Waals surface area contributed by atoms with Gasteiger partial charge in [-0.25, -0.2) is 0 Å². The number of aliphatic hydroxyl groups excluding tert-OH is 2. The largest absolute Gasteiger partial charge is 0.481 e. The Labute approximate surface area is 163 Å². The molecule has 0 spiro atoms. The molecule has 0 aliphatic heterocycles. The number of ketones is 1. The van der Waals surface area contributed by atoms with Crippen LogP contribution in [0, 0.1) is 17.8 Å². The number of carbonyl (C=O) groups excluding carboxylic acids is 1. The summed E-state index contributed by atoms with van der Waals surface area (Å²) in [6, 6.07) is 0. The molecule has 154 valence electrons. The van der Waals surface area contributed by atoms with Crippen LogP contribution in [0.2, 0.25) is 0 Å². The number of unbranched alkanes of at least 4 members (excludes halogenated alkanes) is 3. The van der Waals surface area contributed by atoms with E-state index in [1.807, 2.05) is 26.8 Å². The summed E-state index contributed by atoms with van der Waals surface area (Å²) in [6.45, 7) is 6.04. The maximum absolute atomic E-state index is 12.2. The minimum atomic E-state index is -0.772. The summed E-state index contributed by atoms with van der Waals surface area (Å²) >= 11 is 0. The van der Waals surface area contributed by atoms with Crippen LogP contribution in [0.25, 0.3) is 0 Å². The Hall–Kier alpha value is -1.46. The number of carbonyl (C=O) groups is 2. The number of rotatable bonds is 12. The van der Waals surface area contributed by atoms with Crippen molar-refractivity contribution in [3.63, 3.8) is 0 Å². The average molecular weight is 381 g/mol. The van der Waals surface area contributed by atoms with Crippen LogP contribution in [0.5, 0.6) is 0 Å². The number of allylic oxidation sites excluding steroid dienone is 2. The zero-order chi connectivity index (χ0) is 20.4. The van der Waals surface area contributed by atoms with Gasteiger partial charge in [0, 0.05) is 24.7 Å². The highest BCUT2D eigenvalue weighted by atomic mass is 16.4. The van der Waals surface area contributed by atoms with E-state index in [1.54, 1.807) is 6.08 Å². The molecular formula is C22H36O5. The van der Waals surface area contributed by atoms with E-state index in [2.05, 4.69) is 6.08 Å². The van der Waals surface area contributed by atoms with Crippen molar-refractivity contribution in [2.24, 2.45) is 17.8 Å². The second-order valence-corrected chi connectivity index (χ2v) is 8.14. The molecule has 27 heavy (non-hydrogen) atoms. The van der Waals surface area contributed by atoms with Crippen LogP contribution in [-0.2, 0) is 9.59 Å². The van der Waals surface area contributed by atoms with E-state index in [-0.39, 0.29) is 36.4 Å². The van der Waals surface area contributed by atoms with Gasteiger partial charge in [0.15, 0.2) is 0 Å². The molecule has 0 aromatic carbocycles. The van der Waals surface area contributed by atoms with Crippen LogP contribution < -0.4 is 0 Å². The summed E-state index contributed by atoms with van der Waals surface area (Å²) in [7, 11) is 0. The Balaban J connectivity index is 2.51. The minimum absolute atomic E-state index is 0.0816. The number of hydrogen-bond acceptors (Lipinski definition) is 4. The molecule has 5 nitrogen and oxygen atoms in total. The van der Waals surface area contributed by atoms with Crippen LogP contribution in [0.4, 0.5) is 0 Å². The van der Waals surface area contributed by atoms with E-state index in [1.165, 1.54) is 5.57 Å². The number of Topliss-reactive ketones (excluding diaryl/α,β-unsaturated/α-hetero) is 1. The molecule has 0 radical (unpaired) electrons. The average Bonchev–Trinajstić information content (AvgIpc) is 2.86. The highest BCUT2D eigenvalue weighted by Crippen LogP contribution is 2.34. The first-order chi connectivity index (χ1) is 12.7. The molecule has 1 rings (SSSR count). The smallest absolute Gasteiger partial charge is 0.303 e. The zero-order valence-electron chi connectivity index (χ0n) is 16.9. The maximum atomic E-state index is 12.2. The zero-order valence-corrected chi connectivity index (χ0v) is 16.9. The Morgan fingerprint density at radius 1 is 1.22 bits per heavy atom. The van der Waals surface area contributed by atoms with Crippen molar-refractivity contribution in [2.45, 2.75) is 84.3 Å². The van der Waals surface area contributed by atoms with Crippen molar-refractivity contribution in [3.8, 4) is 0 Å². The number of aliphatic carboxylic acids is 1. The Bertz CT molecular complexity index is 533. The molecule has 0 heterocycles. The minimum Gasteiger partial charge on any atom is -0.481 e. The molecule has 1 aliphatic carbocycles. The SMILES string of the molecule is CC(C)=CCC(C)[C@@H](O)/C=C/[C@H]1[C@H](O)CC(=O)[C@@H]1CCCCCCC(=O)O. The monoisotopic (exact) mass is 380 g/mol. The molecule has 1 fully saturated rings. The van der Waals surface area contributed by atoms with Gasteiger partial charge in [-0.05, 0) is 39.0 Å². The van der Waals surface area contributed by atoms with Gasteiger partial charge in [0.05, 0.1) is 12.2 Å². The molecule has 0 bridgehead atoms. The van der Waals surface area contributed by atoms with Gasteiger partial charge in [0.1, 0.15) is 5.78 Å². The van der Waals surface area contributed by atoms with E-state index < -0.39 is 18.2 Å². The molecule has 1 unspecified atom stereocenters. The van der Waals surface area contributed by atoms with Gasteiger partial charge in [-0.15, -0.1) is 0 Å². The second-order valence-electron chi connectivity index (χ2n) is 8.14. The second kappa shape index (κ2) is 12.1. The third-order valence-electron chi connectivity index (χ3n) is 5.40. The lowest BCUT2D eigenvalue weighted by molar-refractivity contribution is -0.137. The number of carboxylic acids is 1. The molecule has 3 N–H and O–H groups in total. The van der Waals surface area contributed by atoms with Gasteiger partial charge in [0.25, 0.3) is 0 Å².